The van der Waals surface area contributed by atoms with Crippen LogP contribution in [0.1, 0.15) is 11.1 Å². The van der Waals surface area contributed by atoms with Crippen molar-refractivity contribution in [1.82, 2.24) is 0 Å². The van der Waals surface area contributed by atoms with Crippen molar-refractivity contribution in [2.24, 2.45) is 0 Å². The van der Waals surface area contributed by atoms with Gasteiger partial charge in [0.25, 0.3) is 15.9 Å². The summed E-state index contributed by atoms with van der Waals surface area (Å²) in [7, 11) is -4.39. The number of sulfonamides is 1. The van der Waals surface area contributed by atoms with Crippen molar-refractivity contribution in [2.45, 2.75) is 6.54 Å². The summed E-state index contributed by atoms with van der Waals surface area (Å²) in [6.45, 7) is -0.0489. The lowest BCUT2D eigenvalue weighted by Crippen LogP contribution is -2.39. The monoisotopic (exact) mass is 474 g/mol. The summed E-state index contributed by atoms with van der Waals surface area (Å²) >= 11 is 12.0. The van der Waals surface area contributed by atoms with E-state index in [9.17, 15) is 18.3 Å². The lowest BCUT2D eigenvalue weighted by molar-refractivity contribution is -0.112. The van der Waals surface area contributed by atoms with E-state index >= 15 is 0 Å². The Hall–Kier alpha value is -3.00. The number of rotatable bonds is 4. The zero-order valence-electron chi connectivity index (χ0n) is 15.9. The standard InChI is InChI=1S/C22H16Cl2N2O4S/c23-15-11-9-14(10-12-15)13-26-19-8-4-1-5-16(19)20(27)21(31(26,29)30)22(28)25-18-7-3-2-6-17(18)24/h1-12,27H,13H2,(H,25,28). The van der Waals surface area contributed by atoms with Crippen molar-refractivity contribution < 1.29 is 18.3 Å². The predicted molar refractivity (Wildman–Crippen MR) is 123 cm³/mol. The molecule has 0 radical (unpaired) electrons. The molecule has 0 atom stereocenters. The number of aliphatic hydroxyl groups is 1. The molecule has 3 aromatic rings. The molecule has 158 valence electrons. The minimum atomic E-state index is -4.39. The summed E-state index contributed by atoms with van der Waals surface area (Å²) in [5.74, 6) is -1.60. The molecule has 4 rings (SSSR count). The maximum atomic E-state index is 13.5. The number of amides is 1. The normalized spacial score (nSPS) is 14.8. The molecule has 1 amide bonds. The molecule has 3 aromatic carbocycles. The van der Waals surface area contributed by atoms with Crippen LogP contribution in [0, 0.1) is 0 Å². The quantitative estimate of drug-likeness (QED) is 0.543. The van der Waals surface area contributed by atoms with E-state index in [1.54, 1.807) is 66.7 Å². The molecule has 0 saturated heterocycles. The largest absolute Gasteiger partial charge is 0.506 e. The van der Waals surface area contributed by atoms with Crippen molar-refractivity contribution in [3.8, 4) is 0 Å². The number of fused-ring (bicyclic) bond motifs is 1. The first-order valence-electron chi connectivity index (χ1n) is 9.15. The van der Waals surface area contributed by atoms with E-state index in [4.69, 9.17) is 23.2 Å². The van der Waals surface area contributed by atoms with Crippen LogP contribution in [0.4, 0.5) is 11.4 Å². The predicted octanol–water partition coefficient (Wildman–Crippen LogP) is 5.21. The highest BCUT2D eigenvalue weighted by molar-refractivity contribution is 7.97. The molecule has 1 aliphatic heterocycles. The van der Waals surface area contributed by atoms with E-state index < -0.39 is 26.6 Å². The Bertz CT molecular complexity index is 1310. The lowest BCUT2D eigenvalue weighted by atomic mass is 10.1. The van der Waals surface area contributed by atoms with Gasteiger partial charge in [-0.2, -0.15) is 0 Å². The number of benzene rings is 3. The second-order valence-electron chi connectivity index (χ2n) is 6.77. The first-order valence-corrected chi connectivity index (χ1v) is 11.3. The van der Waals surface area contributed by atoms with E-state index in [0.717, 1.165) is 4.31 Å². The van der Waals surface area contributed by atoms with Crippen LogP contribution in [-0.2, 0) is 21.4 Å². The average Bonchev–Trinajstić information content (AvgIpc) is 2.74. The van der Waals surface area contributed by atoms with E-state index in [-0.39, 0.29) is 28.5 Å². The van der Waals surface area contributed by atoms with Gasteiger partial charge >= 0.3 is 0 Å². The molecule has 0 fully saturated rings. The Labute approximate surface area is 189 Å². The topological polar surface area (TPSA) is 86.7 Å². The fourth-order valence-corrected chi connectivity index (χ4v) is 5.17. The molecule has 0 saturated carbocycles. The Morgan fingerprint density at radius 2 is 1.58 bits per heavy atom. The highest BCUT2D eigenvalue weighted by atomic mass is 35.5. The van der Waals surface area contributed by atoms with Crippen LogP contribution in [-0.4, -0.2) is 19.4 Å². The van der Waals surface area contributed by atoms with Crippen molar-refractivity contribution >= 4 is 56.3 Å². The van der Waals surface area contributed by atoms with Gasteiger partial charge in [-0.05, 0) is 42.0 Å². The van der Waals surface area contributed by atoms with Crippen LogP contribution >= 0.6 is 23.2 Å². The highest BCUT2D eigenvalue weighted by Gasteiger charge is 2.41. The second kappa shape index (κ2) is 8.26. The third-order valence-corrected chi connectivity index (χ3v) is 7.14. The lowest BCUT2D eigenvalue weighted by Gasteiger charge is -2.31. The molecule has 2 N–H and O–H groups in total. The molecular weight excluding hydrogens is 459 g/mol. The molecule has 1 heterocycles. The molecular formula is C22H16Cl2N2O4S. The fraction of sp³-hybridized carbons (Fsp3) is 0.0455. The van der Waals surface area contributed by atoms with Gasteiger partial charge in [0, 0.05) is 10.6 Å². The number of para-hydroxylation sites is 2. The Morgan fingerprint density at radius 1 is 0.935 bits per heavy atom. The number of hydrogen-bond acceptors (Lipinski definition) is 4. The van der Waals surface area contributed by atoms with E-state index in [1.165, 1.54) is 6.07 Å². The van der Waals surface area contributed by atoms with Gasteiger partial charge in [-0.25, -0.2) is 8.42 Å². The van der Waals surface area contributed by atoms with E-state index in [2.05, 4.69) is 5.32 Å². The minimum Gasteiger partial charge on any atom is -0.506 e. The van der Waals surface area contributed by atoms with Crippen LogP contribution in [0.15, 0.2) is 77.7 Å². The van der Waals surface area contributed by atoms with Gasteiger partial charge < -0.3 is 10.4 Å². The van der Waals surface area contributed by atoms with Gasteiger partial charge in [0.15, 0.2) is 10.7 Å². The Morgan fingerprint density at radius 3 is 2.29 bits per heavy atom. The van der Waals surface area contributed by atoms with Crippen molar-refractivity contribution in [2.75, 3.05) is 9.62 Å². The summed E-state index contributed by atoms with van der Waals surface area (Å²) in [5.41, 5.74) is 1.39. The summed E-state index contributed by atoms with van der Waals surface area (Å²) in [4.78, 5) is 12.2. The van der Waals surface area contributed by atoms with Gasteiger partial charge in [0.2, 0.25) is 0 Å². The van der Waals surface area contributed by atoms with Gasteiger partial charge in [-0.3, -0.25) is 9.10 Å². The number of anilines is 2. The first kappa shape index (κ1) is 21.2. The summed E-state index contributed by atoms with van der Waals surface area (Å²) in [5, 5.41) is 14.0. The molecule has 0 bridgehead atoms. The number of carbonyl (C=O) groups excluding carboxylic acids is 1. The maximum Gasteiger partial charge on any atom is 0.273 e. The summed E-state index contributed by atoms with van der Waals surface area (Å²) in [6, 6.07) is 19.5. The third-order valence-electron chi connectivity index (χ3n) is 4.76. The molecule has 6 nitrogen and oxygen atoms in total. The summed E-state index contributed by atoms with van der Waals surface area (Å²) < 4.78 is 28.0. The van der Waals surface area contributed by atoms with Crippen molar-refractivity contribution in [1.29, 1.82) is 0 Å². The Balaban J connectivity index is 1.80. The smallest absolute Gasteiger partial charge is 0.273 e. The van der Waals surface area contributed by atoms with Crippen LogP contribution < -0.4 is 9.62 Å². The molecule has 31 heavy (non-hydrogen) atoms. The van der Waals surface area contributed by atoms with Gasteiger partial charge in [0.1, 0.15) is 0 Å². The number of carbonyl (C=O) groups is 1. The molecule has 0 unspecified atom stereocenters. The van der Waals surface area contributed by atoms with E-state index in [1.807, 2.05) is 0 Å². The van der Waals surface area contributed by atoms with E-state index in [0.29, 0.717) is 10.6 Å². The van der Waals surface area contributed by atoms with Crippen molar-refractivity contribution in [3.05, 3.63) is 98.9 Å². The molecule has 1 aliphatic rings. The maximum absolute atomic E-state index is 13.5. The average molecular weight is 475 g/mol. The zero-order chi connectivity index (χ0) is 22.2. The molecule has 9 heteroatoms. The SMILES string of the molecule is O=C(Nc1ccccc1Cl)C1=C(O)c2ccccc2N(Cc2ccc(Cl)cc2)S1(=O)=O. The fourth-order valence-electron chi connectivity index (χ4n) is 3.27. The number of nitrogens with zero attached hydrogens (tertiary/aromatic N) is 1. The van der Waals surface area contributed by atoms with Gasteiger partial charge in [-0.1, -0.05) is 59.6 Å². The number of nitrogens with one attached hydrogen (secondary N) is 1. The van der Waals surface area contributed by atoms with Gasteiger partial charge in [0.05, 0.1) is 22.9 Å². The summed E-state index contributed by atoms with van der Waals surface area (Å²) in [6.07, 6.45) is 0. The number of aliphatic hydroxyl groups excluding tert-OH is 1. The molecule has 0 aromatic heterocycles. The van der Waals surface area contributed by atoms with Crippen molar-refractivity contribution in [3.63, 3.8) is 0 Å². The van der Waals surface area contributed by atoms with Crippen LogP contribution in [0.2, 0.25) is 10.0 Å². The number of hydrogen-bond donors (Lipinski definition) is 2. The second-order valence-corrected chi connectivity index (χ2v) is 9.41. The van der Waals surface area contributed by atoms with Crippen LogP contribution in [0.25, 0.3) is 5.76 Å². The first-order chi connectivity index (χ1) is 14.8. The molecule has 0 aliphatic carbocycles. The van der Waals surface area contributed by atoms with Crippen LogP contribution in [0.3, 0.4) is 0 Å². The minimum absolute atomic E-state index is 0.0489. The van der Waals surface area contributed by atoms with Gasteiger partial charge in [-0.15, -0.1) is 0 Å². The Kier molecular flexibility index (Phi) is 5.66. The molecule has 0 spiro atoms. The third kappa shape index (κ3) is 3.99. The zero-order valence-corrected chi connectivity index (χ0v) is 18.2. The number of halogens is 2. The van der Waals surface area contributed by atoms with Crippen LogP contribution in [0.5, 0.6) is 0 Å². The highest BCUT2D eigenvalue weighted by Crippen LogP contribution is 2.39.